The molecule has 1 aliphatic heterocycles. The molecule has 1 aliphatic rings. The van der Waals surface area contributed by atoms with Crippen LogP contribution in [0.25, 0.3) is 0 Å². The van der Waals surface area contributed by atoms with Crippen molar-refractivity contribution in [1.82, 2.24) is 15.5 Å². The van der Waals surface area contributed by atoms with Crippen LogP contribution in [0, 0.1) is 6.92 Å². The smallest absolute Gasteiger partial charge is 0.191 e. The predicted octanol–water partition coefficient (Wildman–Crippen LogP) is 2.02. The van der Waals surface area contributed by atoms with Crippen molar-refractivity contribution in [3.05, 3.63) is 29.3 Å². The minimum absolute atomic E-state index is 0. The normalized spacial score (nSPS) is 17.7. The van der Waals surface area contributed by atoms with Crippen LogP contribution < -0.4 is 15.4 Å². The zero-order valence-electron chi connectivity index (χ0n) is 17.5. The molecule has 0 radical (unpaired) electrons. The summed E-state index contributed by atoms with van der Waals surface area (Å²) in [7, 11) is 3.89. The number of ether oxygens (including phenoxy) is 3. The summed E-state index contributed by atoms with van der Waals surface area (Å²) in [5.74, 6) is 1.64. The fourth-order valence-electron chi connectivity index (χ4n) is 2.90. The molecule has 0 bridgehead atoms. The summed E-state index contributed by atoms with van der Waals surface area (Å²) in [4.78, 5) is 6.59. The fraction of sp³-hybridized carbons (Fsp3) is 0.650. The van der Waals surface area contributed by atoms with Crippen LogP contribution in [-0.4, -0.2) is 77.1 Å². The van der Waals surface area contributed by atoms with E-state index in [4.69, 9.17) is 14.2 Å². The average Bonchev–Trinajstić information content (AvgIpc) is 2.66. The van der Waals surface area contributed by atoms with E-state index in [1.807, 2.05) is 6.92 Å². The summed E-state index contributed by atoms with van der Waals surface area (Å²) in [6, 6.07) is 6.24. The van der Waals surface area contributed by atoms with Gasteiger partial charge in [-0.2, -0.15) is 0 Å². The molecule has 1 aromatic rings. The highest BCUT2D eigenvalue weighted by Crippen LogP contribution is 2.20. The number of hydrogen-bond acceptors (Lipinski definition) is 5. The van der Waals surface area contributed by atoms with Crippen LogP contribution in [0.4, 0.5) is 0 Å². The van der Waals surface area contributed by atoms with Crippen molar-refractivity contribution < 1.29 is 14.2 Å². The van der Waals surface area contributed by atoms with Crippen LogP contribution in [0.3, 0.4) is 0 Å². The standard InChI is InChI=1S/C20H34N4O3.HI/c1-5-25-10-11-27-19-12-16(2)6-7-17(19)13-22-20(21-3)23-14-18-15-24(4)8-9-26-18;/h6-7,12,18H,5,8-11,13-15H2,1-4H3,(H2,21,22,23);1H. The van der Waals surface area contributed by atoms with E-state index in [1.165, 1.54) is 5.56 Å². The Morgan fingerprint density at radius 1 is 1.32 bits per heavy atom. The first-order valence-electron chi connectivity index (χ1n) is 9.67. The minimum Gasteiger partial charge on any atom is -0.491 e. The molecule has 0 aromatic heterocycles. The maximum Gasteiger partial charge on any atom is 0.191 e. The lowest BCUT2D eigenvalue weighted by Crippen LogP contribution is -2.48. The Labute approximate surface area is 186 Å². The van der Waals surface area contributed by atoms with Crippen molar-refractivity contribution in [2.24, 2.45) is 4.99 Å². The van der Waals surface area contributed by atoms with Gasteiger partial charge in [0, 0.05) is 45.4 Å². The maximum absolute atomic E-state index is 5.90. The van der Waals surface area contributed by atoms with Crippen LogP contribution in [0.15, 0.2) is 23.2 Å². The van der Waals surface area contributed by atoms with E-state index in [-0.39, 0.29) is 30.1 Å². The van der Waals surface area contributed by atoms with Crippen LogP contribution >= 0.6 is 24.0 Å². The number of nitrogens with zero attached hydrogens (tertiary/aromatic N) is 2. The summed E-state index contributed by atoms with van der Waals surface area (Å²) < 4.78 is 17.0. The van der Waals surface area contributed by atoms with Gasteiger partial charge in [0.2, 0.25) is 0 Å². The maximum atomic E-state index is 5.90. The van der Waals surface area contributed by atoms with E-state index >= 15 is 0 Å². The van der Waals surface area contributed by atoms with Crippen LogP contribution in [0.1, 0.15) is 18.1 Å². The van der Waals surface area contributed by atoms with Gasteiger partial charge in [0.25, 0.3) is 0 Å². The molecule has 8 heteroatoms. The number of aryl methyl sites for hydroxylation is 1. The molecule has 0 spiro atoms. The molecule has 2 N–H and O–H groups in total. The molecule has 160 valence electrons. The largest absolute Gasteiger partial charge is 0.491 e. The second-order valence-electron chi connectivity index (χ2n) is 6.72. The first-order valence-corrected chi connectivity index (χ1v) is 9.67. The SMILES string of the molecule is CCOCCOc1cc(C)ccc1CNC(=NC)NCC1CN(C)CCO1.I. The van der Waals surface area contributed by atoms with E-state index in [0.717, 1.165) is 43.5 Å². The van der Waals surface area contributed by atoms with Crippen molar-refractivity contribution in [3.63, 3.8) is 0 Å². The number of morpholine rings is 1. The third kappa shape index (κ3) is 8.93. The third-order valence-corrected chi connectivity index (χ3v) is 4.42. The highest BCUT2D eigenvalue weighted by Gasteiger charge is 2.17. The molecule has 0 aliphatic carbocycles. The van der Waals surface area contributed by atoms with Crippen molar-refractivity contribution in [3.8, 4) is 5.75 Å². The second-order valence-corrected chi connectivity index (χ2v) is 6.72. The molecule has 1 atom stereocenters. The highest BCUT2D eigenvalue weighted by molar-refractivity contribution is 14.0. The van der Waals surface area contributed by atoms with Gasteiger partial charge in [-0.15, -0.1) is 24.0 Å². The average molecular weight is 506 g/mol. The molecular formula is C20H35IN4O3. The number of likely N-dealkylation sites (N-methyl/N-ethyl adjacent to an activating group) is 1. The van der Waals surface area contributed by atoms with Gasteiger partial charge < -0.3 is 29.7 Å². The molecule has 0 amide bonds. The molecule has 1 aromatic carbocycles. The molecule has 2 rings (SSSR count). The molecule has 1 heterocycles. The fourth-order valence-corrected chi connectivity index (χ4v) is 2.90. The molecule has 1 saturated heterocycles. The van der Waals surface area contributed by atoms with E-state index in [1.54, 1.807) is 7.05 Å². The zero-order chi connectivity index (χ0) is 19.5. The zero-order valence-corrected chi connectivity index (χ0v) is 19.8. The van der Waals surface area contributed by atoms with Gasteiger partial charge in [-0.1, -0.05) is 12.1 Å². The Balaban J connectivity index is 0.00000392. The van der Waals surface area contributed by atoms with Gasteiger partial charge in [0.1, 0.15) is 12.4 Å². The Kier molecular flexibility index (Phi) is 12.4. The van der Waals surface area contributed by atoms with Gasteiger partial charge in [-0.05, 0) is 32.5 Å². The Morgan fingerprint density at radius 2 is 2.14 bits per heavy atom. The van der Waals surface area contributed by atoms with Gasteiger partial charge in [-0.25, -0.2) is 0 Å². The topological polar surface area (TPSA) is 67.4 Å². The molecule has 1 fully saturated rings. The Morgan fingerprint density at radius 3 is 2.86 bits per heavy atom. The lowest BCUT2D eigenvalue weighted by Gasteiger charge is -2.30. The summed E-state index contributed by atoms with van der Waals surface area (Å²) in [6.45, 7) is 9.95. The number of nitrogens with one attached hydrogen (secondary N) is 2. The Bertz CT molecular complexity index is 601. The summed E-state index contributed by atoms with van der Waals surface area (Å²) >= 11 is 0. The lowest BCUT2D eigenvalue weighted by molar-refractivity contribution is -0.0161. The number of benzene rings is 1. The van der Waals surface area contributed by atoms with E-state index in [0.29, 0.717) is 26.4 Å². The number of aliphatic imine (C=N–C) groups is 1. The van der Waals surface area contributed by atoms with Crippen molar-refractivity contribution in [2.75, 3.05) is 60.2 Å². The summed E-state index contributed by atoms with van der Waals surface area (Å²) in [5.41, 5.74) is 2.26. The number of rotatable bonds is 9. The van der Waals surface area contributed by atoms with Crippen LogP contribution in [-0.2, 0) is 16.0 Å². The minimum atomic E-state index is 0. The highest BCUT2D eigenvalue weighted by atomic mass is 127. The second kappa shape index (κ2) is 14.0. The number of halogens is 1. The first kappa shape index (κ1) is 24.9. The monoisotopic (exact) mass is 506 g/mol. The summed E-state index contributed by atoms with van der Waals surface area (Å²) in [5, 5.41) is 6.70. The molecule has 1 unspecified atom stereocenters. The molecular weight excluding hydrogens is 471 g/mol. The number of hydrogen-bond donors (Lipinski definition) is 2. The van der Waals surface area contributed by atoms with Gasteiger partial charge in [-0.3, -0.25) is 4.99 Å². The Hall–Kier alpha value is -1.10. The van der Waals surface area contributed by atoms with E-state index in [9.17, 15) is 0 Å². The van der Waals surface area contributed by atoms with E-state index in [2.05, 4.69) is 52.7 Å². The molecule has 7 nitrogen and oxygen atoms in total. The first-order chi connectivity index (χ1) is 13.1. The quantitative estimate of drug-likeness (QED) is 0.231. The van der Waals surface area contributed by atoms with Crippen molar-refractivity contribution >= 4 is 29.9 Å². The summed E-state index contributed by atoms with van der Waals surface area (Å²) in [6.07, 6.45) is 0.180. The van der Waals surface area contributed by atoms with E-state index < -0.39 is 0 Å². The van der Waals surface area contributed by atoms with Crippen LogP contribution in [0.5, 0.6) is 5.75 Å². The lowest BCUT2D eigenvalue weighted by atomic mass is 10.1. The van der Waals surface area contributed by atoms with Gasteiger partial charge in [0.05, 0.1) is 19.3 Å². The molecule has 28 heavy (non-hydrogen) atoms. The predicted molar refractivity (Wildman–Crippen MR) is 124 cm³/mol. The number of guanidine groups is 1. The van der Waals surface area contributed by atoms with Crippen LogP contribution in [0.2, 0.25) is 0 Å². The van der Waals surface area contributed by atoms with Crippen molar-refractivity contribution in [1.29, 1.82) is 0 Å². The third-order valence-electron chi connectivity index (χ3n) is 4.42. The van der Waals surface area contributed by atoms with Crippen molar-refractivity contribution in [2.45, 2.75) is 26.5 Å². The van der Waals surface area contributed by atoms with Gasteiger partial charge >= 0.3 is 0 Å². The van der Waals surface area contributed by atoms with Gasteiger partial charge in [0.15, 0.2) is 5.96 Å². The molecule has 0 saturated carbocycles.